The first-order chi connectivity index (χ1) is 11.8. The van der Waals surface area contributed by atoms with Gasteiger partial charge in [0.2, 0.25) is 0 Å². The standard InChI is InChI=1S/C19H13ClN2OS/c20-16-10-5-11-17-18(16)19(21-23-17)22-24-15-9-4-8-14(12-15)13-6-2-1-3-7-13/h1-12H,(H,21,22). The van der Waals surface area contributed by atoms with Gasteiger partial charge in [0.05, 0.1) is 10.4 Å². The van der Waals surface area contributed by atoms with Crippen molar-refractivity contribution in [1.29, 1.82) is 0 Å². The lowest BCUT2D eigenvalue weighted by Gasteiger charge is -2.06. The molecule has 0 saturated carbocycles. The second-order valence-corrected chi connectivity index (χ2v) is 6.53. The zero-order chi connectivity index (χ0) is 16.4. The van der Waals surface area contributed by atoms with E-state index in [0.717, 1.165) is 10.3 Å². The summed E-state index contributed by atoms with van der Waals surface area (Å²) < 4.78 is 8.53. The van der Waals surface area contributed by atoms with Crippen molar-refractivity contribution in [3.8, 4) is 11.1 Å². The first kappa shape index (κ1) is 15.1. The van der Waals surface area contributed by atoms with E-state index in [9.17, 15) is 0 Å². The lowest BCUT2D eigenvalue weighted by molar-refractivity contribution is 0.460. The highest BCUT2D eigenvalue weighted by Gasteiger charge is 2.11. The quantitative estimate of drug-likeness (QED) is 0.439. The topological polar surface area (TPSA) is 38.1 Å². The second kappa shape index (κ2) is 6.59. The molecule has 5 heteroatoms. The van der Waals surface area contributed by atoms with Crippen molar-refractivity contribution < 1.29 is 4.52 Å². The molecule has 3 aromatic carbocycles. The predicted octanol–water partition coefficient (Wildman–Crippen LogP) is 6.27. The molecule has 0 atom stereocenters. The van der Waals surface area contributed by atoms with Crippen molar-refractivity contribution in [1.82, 2.24) is 5.16 Å². The van der Waals surface area contributed by atoms with Crippen LogP contribution in [0.4, 0.5) is 5.82 Å². The van der Waals surface area contributed by atoms with E-state index in [-0.39, 0.29) is 0 Å². The summed E-state index contributed by atoms with van der Waals surface area (Å²) in [7, 11) is 0. The number of anilines is 1. The minimum absolute atomic E-state index is 0.620. The van der Waals surface area contributed by atoms with Crippen LogP contribution >= 0.6 is 23.5 Å². The van der Waals surface area contributed by atoms with Crippen LogP contribution in [0.5, 0.6) is 0 Å². The molecule has 0 spiro atoms. The van der Waals surface area contributed by atoms with Gasteiger partial charge in [0.15, 0.2) is 11.4 Å². The lowest BCUT2D eigenvalue weighted by Crippen LogP contribution is -1.88. The molecule has 4 aromatic rings. The Labute approximate surface area is 148 Å². The molecule has 4 rings (SSSR count). The molecule has 118 valence electrons. The average Bonchev–Trinajstić information content (AvgIpc) is 3.06. The molecule has 0 saturated heterocycles. The first-order valence-corrected chi connectivity index (χ1v) is 8.63. The molecule has 0 bridgehead atoms. The van der Waals surface area contributed by atoms with Gasteiger partial charge in [-0.05, 0) is 47.3 Å². The maximum atomic E-state index is 6.24. The predicted molar refractivity (Wildman–Crippen MR) is 100 cm³/mol. The van der Waals surface area contributed by atoms with Gasteiger partial charge in [-0.15, -0.1) is 0 Å². The Morgan fingerprint density at radius 3 is 2.54 bits per heavy atom. The van der Waals surface area contributed by atoms with E-state index in [2.05, 4.69) is 34.1 Å². The van der Waals surface area contributed by atoms with Crippen LogP contribution in [0.25, 0.3) is 22.1 Å². The highest BCUT2D eigenvalue weighted by molar-refractivity contribution is 8.00. The lowest BCUT2D eigenvalue weighted by atomic mass is 10.1. The van der Waals surface area contributed by atoms with Crippen molar-refractivity contribution in [3.63, 3.8) is 0 Å². The van der Waals surface area contributed by atoms with E-state index in [0.29, 0.717) is 16.4 Å². The van der Waals surface area contributed by atoms with Gasteiger partial charge in [0.25, 0.3) is 0 Å². The smallest absolute Gasteiger partial charge is 0.189 e. The molecule has 1 aromatic heterocycles. The molecule has 0 amide bonds. The molecular formula is C19H13ClN2OS. The molecular weight excluding hydrogens is 340 g/mol. The molecule has 0 aliphatic rings. The van der Waals surface area contributed by atoms with Crippen LogP contribution in [0, 0.1) is 0 Å². The minimum atomic E-state index is 0.620. The van der Waals surface area contributed by atoms with Gasteiger partial charge < -0.3 is 9.25 Å². The van der Waals surface area contributed by atoms with Crippen LogP contribution in [-0.2, 0) is 0 Å². The number of fused-ring (bicyclic) bond motifs is 1. The van der Waals surface area contributed by atoms with E-state index in [1.807, 2.05) is 48.5 Å². The number of halogens is 1. The number of rotatable bonds is 4. The molecule has 1 heterocycles. The Morgan fingerprint density at radius 2 is 1.67 bits per heavy atom. The molecule has 0 unspecified atom stereocenters. The van der Waals surface area contributed by atoms with Crippen molar-refractivity contribution in [2.24, 2.45) is 0 Å². The van der Waals surface area contributed by atoms with Gasteiger partial charge in [0.1, 0.15) is 0 Å². The second-order valence-electron chi connectivity index (χ2n) is 5.24. The largest absolute Gasteiger partial charge is 0.354 e. The third kappa shape index (κ3) is 2.98. The molecule has 24 heavy (non-hydrogen) atoms. The summed E-state index contributed by atoms with van der Waals surface area (Å²) in [4.78, 5) is 1.08. The summed E-state index contributed by atoms with van der Waals surface area (Å²) in [5.41, 5.74) is 3.03. The van der Waals surface area contributed by atoms with E-state index in [1.54, 1.807) is 0 Å². The van der Waals surface area contributed by atoms with Crippen LogP contribution in [0.15, 0.2) is 82.2 Å². The third-order valence-corrected chi connectivity index (χ3v) is 4.75. The molecule has 0 aliphatic carbocycles. The van der Waals surface area contributed by atoms with Crippen LogP contribution in [0.2, 0.25) is 5.02 Å². The summed E-state index contributed by atoms with van der Waals surface area (Å²) in [6.45, 7) is 0. The normalized spacial score (nSPS) is 10.9. The average molecular weight is 353 g/mol. The zero-order valence-corrected chi connectivity index (χ0v) is 14.1. The molecule has 3 nitrogen and oxygen atoms in total. The summed E-state index contributed by atoms with van der Waals surface area (Å²) in [6, 6.07) is 24.1. The SMILES string of the molecule is Clc1cccc2onc(NSc3cccc(-c4ccccc4)c3)c12. The number of hydrogen-bond acceptors (Lipinski definition) is 4. The summed E-state index contributed by atoms with van der Waals surface area (Å²) in [6.07, 6.45) is 0. The van der Waals surface area contributed by atoms with E-state index in [4.69, 9.17) is 16.1 Å². The summed E-state index contributed by atoms with van der Waals surface area (Å²) in [5.74, 6) is 0.630. The summed E-state index contributed by atoms with van der Waals surface area (Å²) >= 11 is 7.72. The maximum Gasteiger partial charge on any atom is 0.189 e. The molecule has 0 fully saturated rings. The van der Waals surface area contributed by atoms with Gasteiger partial charge in [-0.25, -0.2) is 0 Å². The highest BCUT2D eigenvalue weighted by Crippen LogP contribution is 2.33. The van der Waals surface area contributed by atoms with Gasteiger partial charge in [-0.3, -0.25) is 0 Å². The number of hydrogen-bond donors (Lipinski definition) is 1. The Bertz CT molecular complexity index is 985. The Morgan fingerprint density at radius 1 is 0.875 bits per heavy atom. The van der Waals surface area contributed by atoms with Gasteiger partial charge in [-0.2, -0.15) is 0 Å². The monoisotopic (exact) mass is 352 g/mol. The fraction of sp³-hybridized carbons (Fsp3) is 0. The number of nitrogens with one attached hydrogen (secondary N) is 1. The zero-order valence-electron chi connectivity index (χ0n) is 12.6. The van der Waals surface area contributed by atoms with Crippen molar-refractivity contribution >= 4 is 40.3 Å². The van der Waals surface area contributed by atoms with Gasteiger partial charge >= 0.3 is 0 Å². The van der Waals surface area contributed by atoms with E-state index < -0.39 is 0 Å². The van der Waals surface area contributed by atoms with Crippen molar-refractivity contribution in [3.05, 3.63) is 77.8 Å². The van der Waals surface area contributed by atoms with Crippen LogP contribution < -0.4 is 4.72 Å². The van der Waals surface area contributed by atoms with Crippen LogP contribution in [0.3, 0.4) is 0 Å². The number of benzene rings is 3. The fourth-order valence-corrected chi connectivity index (χ4v) is 3.44. The minimum Gasteiger partial charge on any atom is -0.354 e. The first-order valence-electron chi connectivity index (χ1n) is 7.43. The number of nitrogens with zero attached hydrogens (tertiary/aromatic N) is 1. The van der Waals surface area contributed by atoms with Crippen LogP contribution in [-0.4, -0.2) is 5.16 Å². The van der Waals surface area contributed by atoms with E-state index >= 15 is 0 Å². The van der Waals surface area contributed by atoms with Crippen molar-refractivity contribution in [2.45, 2.75) is 4.90 Å². The summed E-state index contributed by atoms with van der Waals surface area (Å²) in [5, 5.41) is 5.48. The number of aromatic nitrogens is 1. The van der Waals surface area contributed by atoms with Gasteiger partial charge in [-0.1, -0.05) is 65.3 Å². The Balaban J connectivity index is 1.58. The fourth-order valence-electron chi connectivity index (χ4n) is 2.50. The molecule has 1 N–H and O–H groups in total. The van der Waals surface area contributed by atoms with Gasteiger partial charge in [0, 0.05) is 4.90 Å². The Kier molecular flexibility index (Phi) is 4.15. The van der Waals surface area contributed by atoms with Crippen molar-refractivity contribution in [2.75, 3.05) is 4.72 Å². The molecule has 0 aliphatic heterocycles. The molecule has 0 radical (unpaired) electrons. The highest BCUT2D eigenvalue weighted by atomic mass is 35.5. The maximum absolute atomic E-state index is 6.24. The third-order valence-electron chi connectivity index (χ3n) is 3.65. The van der Waals surface area contributed by atoms with E-state index in [1.165, 1.54) is 23.1 Å². The van der Waals surface area contributed by atoms with Crippen LogP contribution in [0.1, 0.15) is 0 Å². The Hall–Kier alpha value is -2.43.